The molecule has 2 aromatic rings. The van der Waals surface area contributed by atoms with Crippen molar-refractivity contribution in [1.29, 1.82) is 0 Å². The maximum atomic E-state index is 14.8. The molecule has 1 aromatic carbocycles. The topological polar surface area (TPSA) is 83.6 Å². The van der Waals surface area contributed by atoms with E-state index in [1.54, 1.807) is 58.4 Å². The standard InChI is InChI=1S/C19H22FN5O/c1-18(2)16(26)25(4)17(21)24-19(18,3)14-10-12(7-8-15(14)20)23-13-6-5-9-22-11-13/h5-11,23H,1-4H3,(H2,21,24)/t19-/m1/s1. The van der Waals surface area contributed by atoms with Gasteiger partial charge in [-0.05, 0) is 51.1 Å². The van der Waals surface area contributed by atoms with Gasteiger partial charge >= 0.3 is 0 Å². The van der Waals surface area contributed by atoms with Gasteiger partial charge < -0.3 is 11.1 Å². The van der Waals surface area contributed by atoms with E-state index in [-0.39, 0.29) is 11.9 Å². The minimum Gasteiger partial charge on any atom is -0.369 e. The van der Waals surface area contributed by atoms with Gasteiger partial charge in [-0.1, -0.05) is 0 Å². The highest BCUT2D eigenvalue weighted by Gasteiger charge is 2.53. The van der Waals surface area contributed by atoms with E-state index >= 15 is 0 Å². The lowest BCUT2D eigenvalue weighted by Gasteiger charge is -2.46. The second kappa shape index (κ2) is 6.09. The molecule has 1 atom stereocenters. The molecular formula is C19H22FN5O. The number of nitrogens with two attached hydrogens (primary N) is 1. The zero-order chi connectivity index (χ0) is 19.1. The van der Waals surface area contributed by atoms with Crippen LogP contribution in [-0.2, 0) is 10.3 Å². The van der Waals surface area contributed by atoms with E-state index in [0.29, 0.717) is 11.3 Å². The molecule has 3 N–H and O–H groups in total. The number of carbonyl (C=O) groups is 1. The Morgan fingerprint density at radius 1 is 1.19 bits per heavy atom. The molecule has 1 aliphatic heterocycles. The molecule has 1 aromatic heterocycles. The van der Waals surface area contributed by atoms with Gasteiger partial charge in [0.15, 0.2) is 5.96 Å². The van der Waals surface area contributed by atoms with Crippen molar-refractivity contribution in [2.75, 3.05) is 12.4 Å². The van der Waals surface area contributed by atoms with Crippen LogP contribution in [0.2, 0.25) is 0 Å². The Morgan fingerprint density at radius 2 is 1.92 bits per heavy atom. The number of aliphatic imine (C=N–C) groups is 1. The van der Waals surface area contributed by atoms with E-state index in [9.17, 15) is 9.18 Å². The van der Waals surface area contributed by atoms with Gasteiger partial charge in [0, 0.05) is 24.5 Å². The summed E-state index contributed by atoms with van der Waals surface area (Å²) >= 11 is 0. The number of rotatable bonds is 3. The summed E-state index contributed by atoms with van der Waals surface area (Å²) in [4.78, 5) is 22.6. The fraction of sp³-hybridized carbons (Fsp3) is 0.316. The molecule has 0 bridgehead atoms. The Labute approximate surface area is 151 Å². The normalized spacial score (nSPS) is 22.1. The Balaban J connectivity index is 2.10. The number of aromatic nitrogens is 1. The average molecular weight is 355 g/mol. The van der Waals surface area contributed by atoms with Crippen LogP contribution >= 0.6 is 0 Å². The van der Waals surface area contributed by atoms with Crippen molar-refractivity contribution >= 4 is 23.2 Å². The number of benzene rings is 1. The number of halogens is 1. The molecule has 0 aliphatic carbocycles. The monoisotopic (exact) mass is 355 g/mol. The Bertz CT molecular complexity index is 881. The highest BCUT2D eigenvalue weighted by Crippen LogP contribution is 2.47. The maximum Gasteiger partial charge on any atom is 0.237 e. The first-order chi connectivity index (χ1) is 12.2. The Morgan fingerprint density at radius 3 is 2.58 bits per heavy atom. The van der Waals surface area contributed by atoms with Crippen molar-refractivity contribution in [3.05, 3.63) is 54.1 Å². The van der Waals surface area contributed by atoms with Crippen LogP contribution in [0.5, 0.6) is 0 Å². The van der Waals surface area contributed by atoms with Gasteiger partial charge in [-0.25, -0.2) is 9.38 Å². The van der Waals surface area contributed by atoms with Crippen LogP contribution in [0.3, 0.4) is 0 Å². The Hall–Kier alpha value is -2.96. The average Bonchev–Trinajstić information content (AvgIpc) is 2.61. The summed E-state index contributed by atoms with van der Waals surface area (Å²) in [5, 5.41) is 3.18. The molecule has 0 fully saturated rings. The maximum absolute atomic E-state index is 14.8. The largest absolute Gasteiger partial charge is 0.369 e. The lowest BCUT2D eigenvalue weighted by Crippen LogP contribution is -2.58. The highest BCUT2D eigenvalue weighted by molar-refractivity contribution is 6.01. The predicted octanol–water partition coefficient (Wildman–Crippen LogP) is 2.99. The summed E-state index contributed by atoms with van der Waals surface area (Å²) in [6.07, 6.45) is 3.34. The van der Waals surface area contributed by atoms with Gasteiger partial charge in [-0.2, -0.15) is 0 Å². The van der Waals surface area contributed by atoms with Gasteiger partial charge in [0.2, 0.25) is 5.91 Å². The van der Waals surface area contributed by atoms with Gasteiger partial charge in [-0.15, -0.1) is 0 Å². The molecule has 1 amide bonds. The molecule has 26 heavy (non-hydrogen) atoms. The van der Waals surface area contributed by atoms with Crippen LogP contribution in [0.15, 0.2) is 47.7 Å². The van der Waals surface area contributed by atoms with Crippen LogP contribution in [0.4, 0.5) is 15.8 Å². The van der Waals surface area contributed by atoms with Crippen LogP contribution in [0.1, 0.15) is 26.3 Å². The third-order valence-electron chi connectivity index (χ3n) is 5.18. The molecule has 6 nitrogen and oxygen atoms in total. The predicted molar refractivity (Wildman–Crippen MR) is 99.4 cm³/mol. The summed E-state index contributed by atoms with van der Waals surface area (Å²) in [5.41, 5.74) is 5.56. The Kier molecular flexibility index (Phi) is 4.18. The van der Waals surface area contributed by atoms with Crippen molar-refractivity contribution in [3.63, 3.8) is 0 Å². The summed E-state index contributed by atoms with van der Waals surface area (Å²) in [7, 11) is 1.57. The number of nitrogens with one attached hydrogen (secondary N) is 1. The number of hydrogen-bond acceptors (Lipinski definition) is 5. The number of nitrogens with zero attached hydrogens (tertiary/aromatic N) is 3. The molecule has 7 heteroatoms. The van der Waals surface area contributed by atoms with Crippen molar-refractivity contribution in [1.82, 2.24) is 9.88 Å². The van der Waals surface area contributed by atoms with Crippen LogP contribution < -0.4 is 11.1 Å². The molecular weight excluding hydrogens is 333 g/mol. The van der Waals surface area contributed by atoms with E-state index < -0.39 is 16.8 Å². The smallest absolute Gasteiger partial charge is 0.237 e. The van der Waals surface area contributed by atoms with Crippen molar-refractivity contribution in [3.8, 4) is 0 Å². The van der Waals surface area contributed by atoms with Crippen molar-refractivity contribution in [2.45, 2.75) is 26.3 Å². The number of pyridine rings is 1. The first-order valence-corrected chi connectivity index (χ1v) is 8.27. The molecule has 0 spiro atoms. The van der Waals surface area contributed by atoms with Crippen LogP contribution in [-0.4, -0.2) is 28.8 Å². The molecule has 2 heterocycles. The summed E-state index contributed by atoms with van der Waals surface area (Å²) in [6.45, 7) is 5.24. The third kappa shape index (κ3) is 2.69. The third-order valence-corrected chi connectivity index (χ3v) is 5.18. The summed E-state index contributed by atoms with van der Waals surface area (Å²) in [5.74, 6) is -0.578. The molecule has 0 saturated heterocycles. The van der Waals surface area contributed by atoms with Crippen LogP contribution in [0.25, 0.3) is 0 Å². The zero-order valence-corrected chi connectivity index (χ0v) is 15.2. The van der Waals surface area contributed by atoms with Crippen LogP contribution in [0, 0.1) is 11.2 Å². The van der Waals surface area contributed by atoms with Crippen molar-refractivity contribution < 1.29 is 9.18 Å². The molecule has 1 aliphatic rings. The molecule has 0 saturated carbocycles. The molecule has 136 valence electrons. The molecule has 3 rings (SSSR count). The van der Waals surface area contributed by atoms with Gasteiger partial charge in [0.05, 0.1) is 17.3 Å². The summed E-state index contributed by atoms with van der Waals surface area (Å²) < 4.78 is 14.8. The fourth-order valence-corrected chi connectivity index (χ4v) is 3.15. The van der Waals surface area contributed by atoms with E-state index in [2.05, 4.69) is 15.3 Å². The quantitative estimate of drug-likeness (QED) is 0.886. The first kappa shape index (κ1) is 17.8. The first-order valence-electron chi connectivity index (χ1n) is 8.27. The number of anilines is 2. The number of hydrogen-bond donors (Lipinski definition) is 2. The van der Waals surface area contributed by atoms with E-state index in [0.717, 1.165) is 5.69 Å². The van der Waals surface area contributed by atoms with Crippen molar-refractivity contribution in [2.24, 2.45) is 16.1 Å². The number of carbonyl (C=O) groups excluding carboxylic acids is 1. The van der Waals surface area contributed by atoms with Gasteiger partial charge in [-0.3, -0.25) is 14.7 Å². The van der Waals surface area contributed by atoms with E-state index in [4.69, 9.17) is 5.73 Å². The molecule has 0 unspecified atom stereocenters. The zero-order valence-electron chi connectivity index (χ0n) is 15.2. The minimum atomic E-state index is -1.14. The number of guanidine groups is 1. The molecule has 0 radical (unpaired) electrons. The summed E-state index contributed by atoms with van der Waals surface area (Å²) in [6, 6.07) is 8.32. The van der Waals surface area contributed by atoms with E-state index in [1.807, 2.05) is 6.07 Å². The van der Waals surface area contributed by atoms with E-state index in [1.165, 1.54) is 11.0 Å². The highest BCUT2D eigenvalue weighted by atomic mass is 19.1. The lowest BCUT2D eigenvalue weighted by molar-refractivity contribution is -0.140. The lowest BCUT2D eigenvalue weighted by atomic mass is 9.67. The second-order valence-electron chi connectivity index (χ2n) is 7.09. The van der Waals surface area contributed by atoms with Gasteiger partial charge in [0.25, 0.3) is 0 Å². The minimum absolute atomic E-state index is 0.0712. The van der Waals surface area contributed by atoms with Gasteiger partial charge in [0.1, 0.15) is 11.4 Å². The fourth-order valence-electron chi connectivity index (χ4n) is 3.15. The SMILES string of the molecule is CN1C(=O)C(C)(C)[C@@](C)(c2cc(Nc3cccnc3)ccc2F)N=C1N. The number of amides is 1. The second-order valence-corrected chi connectivity index (χ2v) is 7.09.